The van der Waals surface area contributed by atoms with E-state index < -0.39 is 10.0 Å². The van der Waals surface area contributed by atoms with E-state index in [2.05, 4.69) is 0 Å². The normalized spacial score (nSPS) is 19.7. The second kappa shape index (κ2) is 8.03. The van der Waals surface area contributed by atoms with Crippen LogP contribution in [0, 0.1) is 0 Å². The summed E-state index contributed by atoms with van der Waals surface area (Å²) in [6.45, 7) is 3.88. The van der Waals surface area contributed by atoms with Gasteiger partial charge in [-0.3, -0.25) is 4.79 Å². The van der Waals surface area contributed by atoms with Gasteiger partial charge in [0.1, 0.15) is 0 Å². The monoisotopic (exact) mass is 387 g/mol. The molecule has 0 unspecified atom stereocenters. The number of amides is 1. The van der Waals surface area contributed by atoms with Gasteiger partial charge in [0.15, 0.2) is 0 Å². The lowest BCUT2D eigenvalue weighted by Crippen LogP contribution is -2.42. The van der Waals surface area contributed by atoms with Crippen molar-refractivity contribution in [1.82, 2.24) is 9.21 Å². The van der Waals surface area contributed by atoms with Crippen molar-refractivity contribution in [1.29, 1.82) is 0 Å². The van der Waals surface area contributed by atoms with E-state index in [4.69, 9.17) is 5.73 Å². The second-order valence-corrected chi connectivity index (χ2v) is 8.62. The van der Waals surface area contributed by atoms with Crippen molar-refractivity contribution in [2.45, 2.75) is 43.5 Å². The zero-order chi connectivity index (χ0) is 17.3. The SMILES string of the molecule is CC(=O)N1CCc2ccc(S(=O)(=O)N3CCC(N)CC3)cc2CC1.Cl. The van der Waals surface area contributed by atoms with Crippen LogP contribution in [0.2, 0.25) is 0 Å². The molecule has 1 aromatic carbocycles. The number of fused-ring (bicyclic) bond motifs is 1. The molecule has 1 saturated heterocycles. The Kier molecular flexibility index (Phi) is 6.48. The van der Waals surface area contributed by atoms with Gasteiger partial charge in [-0.2, -0.15) is 4.31 Å². The number of carbonyl (C=O) groups is 1. The minimum absolute atomic E-state index is 0. The van der Waals surface area contributed by atoms with Crippen LogP contribution in [0.15, 0.2) is 23.1 Å². The van der Waals surface area contributed by atoms with Crippen LogP contribution in [0.3, 0.4) is 0 Å². The van der Waals surface area contributed by atoms with Gasteiger partial charge >= 0.3 is 0 Å². The van der Waals surface area contributed by atoms with Crippen molar-refractivity contribution in [2.75, 3.05) is 26.2 Å². The Morgan fingerprint density at radius 3 is 2.28 bits per heavy atom. The molecule has 2 N–H and O–H groups in total. The topological polar surface area (TPSA) is 83.7 Å². The summed E-state index contributed by atoms with van der Waals surface area (Å²) in [6, 6.07) is 5.50. The van der Waals surface area contributed by atoms with Crippen LogP contribution in [-0.4, -0.2) is 55.8 Å². The Hall–Kier alpha value is -1.15. The Morgan fingerprint density at radius 1 is 1.08 bits per heavy atom. The molecule has 0 atom stereocenters. The zero-order valence-corrected chi connectivity index (χ0v) is 16.1. The van der Waals surface area contributed by atoms with E-state index in [1.54, 1.807) is 19.1 Å². The van der Waals surface area contributed by atoms with E-state index >= 15 is 0 Å². The number of piperidine rings is 1. The molecule has 25 heavy (non-hydrogen) atoms. The van der Waals surface area contributed by atoms with Gasteiger partial charge in [0.05, 0.1) is 4.90 Å². The number of nitrogens with two attached hydrogens (primary N) is 1. The summed E-state index contributed by atoms with van der Waals surface area (Å²) >= 11 is 0. The van der Waals surface area contributed by atoms with Gasteiger partial charge in [0.25, 0.3) is 0 Å². The molecule has 140 valence electrons. The molecule has 1 aromatic rings. The van der Waals surface area contributed by atoms with Gasteiger partial charge in [-0.1, -0.05) is 6.07 Å². The highest BCUT2D eigenvalue weighted by Gasteiger charge is 2.29. The van der Waals surface area contributed by atoms with Crippen molar-refractivity contribution >= 4 is 28.3 Å². The zero-order valence-electron chi connectivity index (χ0n) is 14.5. The molecule has 0 aliphatic carbocycles. The second-order valence-electron chi connectivity index (χ2n) is 6.68. The lowest BCUT2D eigenvalue weighted by molar-refractivity contribution is -0.128. The maximum absolute atomic E-state index is 12.9. The fourth-order valence-electron chi connectivity index (χ4n) is 3.44. The standard InChI is InChI=1S/C17H25N3O3S.ClH/c1-13(21)19-8-4-14-2-3-17(12-15(14)5-9-19)24(22,23)20-10-6-16(18)7-11-20;/h2-3,12,16H,4-11,18H2,1H3;1H. The van der Waals surface area contributed by atoms with Crippen molar-refractivity contribution in [3.8, 4) is 0 Å². The molecule has 0 bridgehead atoms. The van der Waals surface area contributed by atoms with E-state index in [1.807, 2.05) is 11.0 Å². The third kappa shape index (κ3) is 4.34. The average molecular weight is 388 g/mol. The summed E-state index contributed by atoms with van der Waals surface area (Å²) < 4.78 is 27.3. The predicted molar refractivity (Wildman–Crippen MR) is 99.3 cm³/mol. The first-order chi connectivity index (χ1) is 11.4. The molecular formula is C17H26ClN3O3S. The molecule has 0 aromatic heterocycles. The minimum Gasteiger partial charge on any atom is -0.342 e. The third-order valence-electron chi connectivity index (χ3n) is 5.06. The van der Waals surface area contributed by atoms with Crippen LogP contribution in [0.4, 0.5) is 0 Å². The quantitative estimate of drug-likeness (QED) is 0.825. The van der Waals surface area contributed by atoms with Gasteiger partial charge in [0, 0.05) is 39.1 Å². The van der Waals surface area contributed by atoms with Gasteiger partial charge < -0.3 is 10.6 Å². The molecule has 2 heterocycles. The lowest BCUT2D eigenvalue weighted by Gasteiger charge is -2.29. The number of rotatable bonds is 2. The van der Waals surface area contributed by atoms with Crippen LogP contribution in [0.25, 0.3) is 0 Å². The largest absolute Gasteiger partial charge is 0.342 e. The van der Waals surface area contributed by atoms with Crippen molar-refractivity contribution in [2.24, 2.45) is 5.73 Å². The van der Waals surface area contributed by atoms with E-state index in [1.165, 1.54) is 4.31 Å². The molecule has 1 fully saturated rings. The molecule has 2 aliphatic rings. The molecule has 0 spiro atoms. The Balaban J connectivity index is 0.00000225. The summed E-state index contributed by atoms with van der Waals surface area (Å²) in [4.78, 5) is 13.7. The van der Waals surface area contributed by atoms with Crippen molar-refractivity contribution < 1.29 is 13.2 Å². The highest BCUT2D eigenvalue weighted by molar-refractivity contribution is 7.89. The van der Waals surface area contributed by atoms with E-state index in [-0.39, 0.29) is 24.4 Å². The van der Waals surface area contributed by atoms with Crippen LogP contribution in [0.5, 0.6) is 0 Å². The van der Waals surface area contributed by atoms with E-state index in [0.29, 0.717) is 50.3 Å². The average Bonchev–Trinajstić information content (AvgIpc) is 2.77. The van der Waals surface area contributed by atoms with Gasteiger partial charge in [0.2, 0.25) is 15.9 Å². The molecule has 0 radical (unpaired) electrons. The van der Waals surface area contributed by atoms with Crippen LogP contribution < -0.4 is 5.73 Å². The van der Waals surface area contributed by atoms with Gasteiger partial charge in [-0.05, 0) is 48.9 Å². The number of sulfonamides is 1. The molecule has 2 aliphatic heterocycles. The summed E-state index contributed by atoms with van der Waals surface area (Å²) in [5.74, 6) is 0.0697. The molecule has 0 saturated carbocycles. The third-order valence-corrected chi connectivity index (χ3v) is 6.96. The Labute approximate surface area is 155 Å². The number of hydrogen-bond donors (Lipinski definition) is 1. The molecule has 3 rings (SSSR count). The fraction of sp³-hybridized carbons (Fsp3) is 0.588. The first-order valence-corrected chi connectivity index (χ1v) is 9.95. The smallest absolute Gasteiger partial charge is 0.243 e. The van der Waals surface area contributed by atoms with E-state index in [9.17, 15) is 13.2 Å². The highest BCUT2D eigenvalue weighted by atomic mass is 35.5. The van der Waals surface area contributed by atoms with Crippen LogP contribution in [-0.2, 0) is 27.7 Å². The number of benzene rings is 1. The number of nitrogens with zero attached hydrogens (tertiary/aromatic N) is 2. The predicted octanol–water partition coefficient (Wildman–Crippen LogP) is 1.17. The summed E-state index contributed by atoms with van der Waals surface area (Å²) in [5, 5.41) is 0. The summed E-state index contributed by atoms with van der Waals surface area (Å²) in [5.41, 5.74) is 8.04. The van der Waals surface area contributed by atoms with Gasteiger partial charge in [-0.25, -0.2) is 8.42 Å². The first-order valence-electron chi connectivity index (χ1n) is 8.51. The van der Waals surface area contributed by atoms with E-state index in [0.717, 1.165) is 17.5 Å². The maximum atomic E-state index is 12.9. The Morgan fingerprint density at radius 2 is 1.68 bits per heavy atom. The Bertz CT molecular complexity index is 731. The number of hydrogen-bond acceptors (Lipinski definition) is 4. The maximum Gasteiger partial charge on any atom is 0.243 e. The molecular weight excluding hydrogens is 362 g/mol. The lowest BCUT2D eigenvalue weighted by atomic mass is 10.0. The highest BCUT2D eigenvalue weighted by Crippen LogP contribution is 2.24. The van der Waals surface area contributed by atoms with Gasteiger partial charge in [-0.15, -0.1) is 12.4 Å². The van der Waals surface area contributed by atoms with Crippen LogP contribution >= 0.6 is 12.4 Å². The fourth-order valence-corrected chi connectivity index (χ4v) is 4.96. The number of halogens is 1. The first kappa shape index (κ1) is 20.2. The molecule has 1 amide bonds. The molecule has 8 heteroatoms. The minimum atomic E-state index is -3.46. The van der Waals surface area contributed by atoms with Crippen LogP contribution in [0.1, 0.15) is 30.9 Å². The summed E-state index contributed by atoms with van der Waals surface area (Å²) in [6.07, 6.45) is 2.88. The summed E-state index contributed by atoms with van der Waals surface area (Å²) in [7, 11) is -3.46. The number of carbonyl (C=O) groups excluding carboxylic acids is 1. The molecule has 6 nitrogen and oxygen atoms in total. The van der Waals surface area contributed by atoms with Crippen molar-refractivity contribution in [3.63, 3.8) is 0 Å². The van der Waals surface area contributed by atoms with Crippen molar-refractivity contribution in [3.05, 3.63) is 29.3 Å².